The van der Waals surface area contributed by atoms with Crippen LogP contribution >= 0.6 is 0 Å². The van der Waals surface area contributed by atoms with Crippen LogP contribution in [0.4, 0.5) is 15.8 Å². The van der Waals surface area contributed by atoms with Gasteiger partial charge < -0.3 is 25.4 Å². The van der Waals surface area contributed by atoms with Crippen LogP contribution in [0.25, 0.3) is 11.1 Å². The minimum Gasteiger partial charge on any atom is -0.497 e. The van der Waals surface area contributed by atoms with Crippen molar-refractivity contribution >= 4 is 17.3 Å². The molecule has 0 spiro atoms. The number of halogens is 1. The van der Waals surface area contributed by atoms with E-state index in [0.29, 0.717) is 60.1 Å². The first-order valence-corrected chi connectivity index (χ1v) is 9.92. The van der Waals surface area contributed by atoms with Crippen LogP contribution in [-0.2, 0) is 9.53 Å². The van der Waals surface area contributed by atoms with E-state index in [2.05, 4.69) is 20.4 Å². The van der Waals surface area contributed by atoms with Crippen molar-refractivity contribution in [3.8, 4) is 16.9 Å². The number of ether oxygens (including phenoxy) is 2. The summed E-state index contributed by atoms with van der Waals surface area (Å²) in [6.45, 7) is 2.36. The van der Waals surface area contributed by atoms with Crippen LogP contribution < -0.4 is 20.7 Å². The number of aromatic amines is 1. The number of aromatic nitrogens is 2. The van der Waals surface area contributed by atoms with Crippen LogP contribution in [0.2, 0.25) is 0 Å². The fraction of sp³-hybridized carbons (Fsp3) is 0.273. The van der Waals surface area contributed by atoms with E-state index in [1.165, 1.54) is 6.07 Å². The lowest BCUT2D eigenvalue weighted by Gasteiger charge is -2.31. The van der Waals surface area contributed by atoms with E-state index in [-0.39, 0.29) is 0 Å². The number of amides is 1. The minimum absolute atomic E-state index is 0.362. The largest absolute Gasteiger partial charge is 0.497 e. The van der Waals surface area contributed by atoms with E-state index in [4.69, 9.17) is 15.2 Å². The predicted molar refractivity (Wildman–Crippen MR) is 116 cm³/mol. The van der Waals surface area contributed by atoms with Crippen molar-refractivity contribution in [2.75, 3.05) is 43.6 Å². The predicted octanol–water partition coefficient (Wildman–Crippen LogP) is 2.70. The maximum atomic E-state index is 14.9. The number of carbonyl (C=O) groups excluding carboxylic acids is 1. The maximum Gasteiger partial charge on any atom is 0.245 e. The van der Waals surface area contributed by atoms with Crippen molar-refractivity contribution in [1.82, 2.24) is 10.2 Å². The highest BCUT2D eigenvalue weighted by Crippen LogP contribution is 2.35. The van der Waals surface area contributed by atoms with Gasteiger partial charge >= 0.3 is 0 Å². The number of nitrogens with zero attached hydrogens (tertiary/aromatic N) is 2. The molecule has 1 atom stereocenters. The number of nitrogens with one attached hydrogen (secondary N) is 2. The normalized spacial score (nSPS) is 14.9. The van der Waals surface area contributed by atoms with Gasteiger partial charge in [-0.2, -0.15) is 5.10 Å². The summed E-state index contributed by atoms with van der Waals surface area (Å²) in [6, 6.07) is 9.07. The Morgan fingerprint density at radius 3 is 2.68 bits per heavy atom. The summed E-state index contributed by atoms with van der Waals surface area (Å²) in [6.07, 6.45) is 3.18. The molecule has 162 valence electrons. The Labute approximate surface area is 179 Å². The molecule has 1 aliphatic heterocycles. The molecule has 4 rings (SSSR count). The number of carbonyl (C=O) groups is 1. The summed E-state index contributed by atoms with van der Waals surface area (Å²) in [7, 11) is 1.57. The van der Waals surface area contributed by atoms with Crippen molar-refractivity contribution in [1.29, 1.82) is 0 Å². The molecule has 1 fully saturated rings. The Balaban J connectivity index is 1.64. The fourth-order valence-corrected chi connectivity index (χ4v) is 3.52. The van der Waals surface area contributed by atoms with Crippen LogP contribution in [0.1, 0.15) is 11.6 Å². The molecule has 0 saturated carbocycles. The van der Waals surface area contributed by atoms with E-state index in [9.17, 15) is 9.18 Å². The van der Waals surface area contributed by atoms with Gasteiger partial charge in [0.15, 0.2) is 0 Å². The molecule has 31 heavy (non-hydrogen) atoms. The number of rotatable bonds is 6. The molecule has 8 nitrogen and oxygen atoms in total. The van der Waals surface area contributed by atoms with Gasteiger partial charge in [0.2, 0.25) is 5.91 Å². The van der Waals surface area contributed by atoms with Crippen molar-refractivity contribution in [2.45, 2.75) is 6.04 Å². The molecular formula is C22H24FN5O3. The number of hydrogen-bond acceptors (Lipinski definition) is 6. The van der Waals surface area contributed by atoms with Crippen LogP contribution in [-0.4, -0.2) is 49.5 Å². The molecule has 1 amide bonds. The molecule has 1 unspecified atom stereocenters. The summed E-state index contributed by atoms with van der Waals surface area (Å²) in [5, 5.41) is 9.41. The van der Waals surface area contributed by atoms with Gasteiger partial charge in [0.25, 0.3) is 0 Å². The number of benzene rings is 2. The molecular weight excluding hydrogens is 401 g/mol. The first kappa shape index (κ1) is 20.8. The summed E-state index contributed by atoms with van der Waals surface area (Å²) < 4.78 is 25.5. The summed E-state index contributed by atoms with van der Waals surface area (Å²) in [5.41, 5.74) is 8.87. The third-order valence-electron chi connectivity index (χ3n) is 5.26. The third kappa shape index (κ3) is 4.52. The number of methoxy groups -OCH3 is 1. The summed E-state index contributed by atoms with van der Waals surface area (Å²) >= 11 is 0. The Bertz CT molecular complexity index is 1030. The molecule has 4 N–H and O–H groups in total. The van der Waals surface area contributed by atoms with Crippen LogP contribution in [0.5, 0.6) is 5.75 Å². The van der Waals surface area contributed by atoms with Crippen LogP contribution in [0, 0.1) is 5.82 Å². The van der Waals surface area contributed by atoms with Gasteiger partial charge in [-0.3, -0.25) is 9.89 Å². The lowest BCUT2D eigenvalue weighted by molar-refractivity contribution is -0.117. The Morgan fingerprint density at radius 1 is 1.29 bits per heavy atom. The molecule has 0 radical (unpaired) electrons. The summed E-state index contributed by atoms with van der Waals surface area (Å²) in [5.74, 6) is -0.232. The van der Waals surface area contributed by atoms with Crippen molar-refractivity contribution < 1.29 is 18.7 Å². The molecule has 0 bridgehead atoms. The molecule has 9 heteroatoms. The van der Waals surface area contributed by atoms with Gasteiger partial charge in [-0.1, -0.05) is 12.1 Å². The van der Waals surface area contributed by atoms with Gasteiger partial charge in [-0.15, -0.1) is 0 Å². The Kier molecular flexibility index (Phi) is 6.15. The van der Waals surface area contributed by atoms with Crippen molar-refractivity contribution in [3.63, 3.8) is 0 Å². The highest BCUT2D eigenvalue weighted by Gasteiger charge is 2.23. The highest BCUT2D eigenvalue weighted by atomic mass is 19.1. The average molecular weight is 425 g/mol. The fourth-order valence-electron chi connectivity index (χ4n) is 3.52. The highest BCUT2D eigenvalue weighted by molar-refractivity contribution is 5.99. The standard InChI is InChI=1S/C22H24FN5O3/c1-30-16-4-2-14(3-5-16)21(24)22(29)27-19-11-18(23)17(15-12-25-26-13-15)10-20(19)28-6-8-31-9-7-28/h2-5,10-13,21H,6-9,24H2,1H3,(H,25,26)(H,27,29). The maximum absolute atomic E-state index is 14.9. The van der Waals surface area contributed by atoms with Gasteiger partial charge in [-0.25, -0.2) is 4.39 Å². The molecule has 1 saturated heterocycles. The minimum atomic E-state index is -0.917. The quantitative estimate of drug-likeness (QED) is 0.561. The van der Waals surface area contributed by atoms with Crippen molar-refractivity contribution in [3.05, 3.63) is 60.2 Å². The zero-order valence-electron chi connectivity index (χ0n) is 17.1. The van der Waals surface area contributed by atoms with Gasteiger partial charge in [0, 0.05) is 36.5 Å². The average Bonchev–Trinajstić information content (AvgIpc) is 3.34. The van der Waals surface area contributed by atoms with Gasteiger partial charge in [-0.05, 0) is 23.8 Å². The van der Waals surface area contributed by atoms with Gasteiger partial charge in [0.05, 0.1) is 37.9 Å². The molecule has 1 aliphatic rings. The van der Waals surface area contributed by atoms with E-state index in [1.807, 2.05) is 0 Å². The van der Waals surface area contributed by atoms with Crippen molar-refractivity contribution in [2.24, 2.45) is 5.73 Å². The Hall–Kier alpha value is -3.43. The second-order valence-electron chi connectivity index (χ2n) is 7.18. The van der Waals surface area contributed by atoms with Crippen LogP contribution in [0.15, 0.2) is 48.8 Å². The SMILES string of the molecule is COc1ccc(C(N)C(=O)Nc2cc(F)c(-c3cn[nH]c3)cc2N2CCOCC2)cc1. The molecule has 2 heterocycles. The lowest BCUT2D eigenvalue weighted by Crippen LogP contribution is -2.37. The van der Waals surface area contributed by atoms with Crippen LogP contribution in [0.3, 0.4) is 0 Å². The molecule has 3 aromatic rings. The summed E-state index contributed by atoms with van der Waals surface area (Å²) in [4.78, 5) is 14.9. The number of anilines is 2. The second kappa shape index (κ2) is 9.15. The van der Waals surface area contributed by atoms with E-state index >= 15 is 0 Å². The topological polar surface area (TPSA) is 106 Å². The van der Waals surface area contributed by atoms with Gasteiger partial charge in [0.1, 0.15) is 17.6 Å². The smallest absolute Gasteiger partial charge is 0.245 e. The first-order chi connectivity index (χ1) is 15.1. The zero-order chi connectivity index (χ0) is 21.8. The zero-order valence-corrected chi connectivity index (χ0v) is 17.1. The Morgan fingerprint density at radius 2 is 2.03 bits per heavy atom. The monoisotopic (exact) mass is 425 g/mol. The molecule has 1 aromatic heterocycles. The van der Waals surface area contributed by atoms with E-state index in [0.717, 1.165) is 0 Å². The van der Waals surface area contributed by atoms with E-state index in [1.54, 1.807) is 49.8 Å². The second-order valence-corrected chi connectivity index (χ2v) is 7.18. The lowest BCUT2D eigenvalue weighted by atomic mass is 10.0. The molecule has 0 aliphatic carbocycles. The number of nitrogens with two attached hydrogens (primary N) is 1. The number of H-pyrrole nitrogens is 1. The number of hydrogen-bond donors (Lipinski definition) is 3. The third-order valence-corrected chi connectivity index (χ3v) is 5.26. The van der Waals surface area contributed by atoms with E-state index < -0.39 is 17.8 Å². The molecule has 2 aromatic carbocycles. The first-order valence-electron chi connectivity index (χ1n) is 9.92. The number of morpholine rings is 1.